The van der Waals surface area contributed by atoms with E-state index in [9.17, 15) is 14.9 Å². The van der Waals surface area contributed by atoms with Crippen molar-refractivity contribution in [2.24, 2.45) is 0 Å². The molecule has 2 aromatic rings. The molecule has 0 amide bonds. The molecular formula is C21H22N2O5. The maximum absolute atomic E-state index is 12.7. The van der Waals surface area contributed by atoms with Crippen molar-refractivity contribution in [3.63, 3.8) is 0 Å². The Hall–Kier alpha value is -2.77. The van der Waals surface area contributed by atoms with Gasteiger partial charge in [0.15, 0.2) is 5.78 Å². The van der Waals surface area contributed by atoms with Crippen LogP contribution in [0.4, 0.5) is 11.4 Å². The van der Waals surface area contributed by atoms with Gasteiger partial charge in [0, 0.05) is 56.3 Å². The van der Waals surface area contributed by atoms with E-state index in [1.165, 1.54) is 6.07 Å². The van der Waals surface area contributed by atoms with Crippen LogP contribution in [0, 0.1) is 10.1 Å². The van der Waals surface area contributed by atoms with Crippen LogP contribution >= 0.6 is 0 Å². The lowest BCUT2D eigenvalue weighted by Gasteiger charge is -2.45. The second-order valence-corrected chi connectivity index (χ2v) is 7.22. The highest BCUT2D eigenvalue weighted by atomic mass is 16.6. The van der Waals surface area contributed by atoms with Gasteiger partial charge in [-0.3, -0.25) is 14.9 Å². The molecule has 2 fully saturated rings. The van der Waals surface area contributed by atoms with Crippen LogP contribution in [0.15, 0.2) is 48.5 Å². The number of hydrogen-bond acceptors (Lipinski definition) is 6. The van der Waals surface area contributed by atoms with Gasteiger partial charge in [-0.1, -0.05) is 30.3 Å². The number of ketones is 1. The predicted octanol–water partition coefficient (Wildman–Crippen LogP) is 3.21. The first-order chi connectivity index (χ1) is 13.6. The van der Waals surface area contributed by atoms with E-state index in [0.29, 0.717) is 49.7 Å². The van der Waals surface area contributed by atoms with Gasteiger partial charge in [0.1, 0.15) is 5.69 Å². The molecule has 2 saturated heterocycles. The van der Waals surface area contributed by atoms with Crippen molar-refractivity contribution >= 4 is 17.2 Å². The van der Waals surface area contributed by atoms with Crippen LogP contribution < -0.4 is 4.90 Å². The molecule has 0 saturated carbocycles. The fourth-order valence-corrected chi connectivity index (χ4v) is 3.93. The van der Waals surface area contributed by atoms with Gasteiger partial charge in [0.05, 0.1) is 17.1 Å². The number of carbonyl (C=O) groups excluding carboxylic acids is 1. The first-order valence-electron chi connectivity index (χ1n) is 9.43. The fraction of sp³-hybridized carbons (Fsp3) is 0.381. The lowest BCUT2D eigenvalue weighted by atomic mass is 9.91. The van der Waals surface area contributed by atoms with Crippen LogP contribution in [-0.4, -0.2) is 49.2 Å². The van der Waals surface area contributed by atoms with Gasteiger partial charge >= 0.3 is 0 Å². The highest BCUT2D eigenvalue weighted by molar-refractivity contribution is 6.09. The molecule has 0 aliphatic carbocycles. The number of nitrogens with zero attached hydrogens (tertiary/aromatic N) is 2. The molecule has 0 radical (unpaired) electrons. The Kier molecular flexibility index (Phi) is 5.11. The monoisotopic (exact) mass is 382 g/mol. The smallest absolute Gasteiger partial charge is 0.293 e. The predicted molar refractivity (Wildman–Crippen MR) is 104 cm³/mol. The summed E-state index contributed by atoms with van der Waals surface area (Å²) >= 11 is 0. The number of rotatable bonds is 4. The molecule has 0 unspecified atom stereocenters. The molecule has 2 heterocycles. The Labute approximate surface area is 163 Å². The number of benzene rings is 2. The summed E-state index contributed by atoms with van der Waals surface area (Å²) < 4.78 is 11.5. The van der Waals surface area contributed by atoms with Crippen molar-refractivity contribution in [2.45, 2.75) is 18.4 Å². The summed E-state index contributed by atoms with van der Waals surface area (Å²) in [5, 5.41) is 11.8. The molecule has 2 aromatic carbocycles. The van der Waals surface area contributed by atoms with Crippen molar-refractivity contribution < 1.29 is 19.2 Å². The van der Waals surface area contributed by atoms with E-state index in [2.05, 4.69) is 0 Å². The van der Waals surface area contributed by atoms with Crippen LogP contribution in [0.3, 0.4) is 0 Å². The summed E-state index contributed by atoms with van der Waals surface area (Å²) in [6.45, 7) is 2.96. The molecule has 146 valence electrons. The van der Waals surface area contributed by atoms with Gasteiger partial charge in [-0.05, 0) is 12.1 Å². The lowest BCUT2D eigenvalue weighted by Crippen LogP contribution is -2.54. The molecule has 0 bridgehead atoms. The molecule has 28 heavy (non-hydrogen) atoms. The van der Waals surface area contributed by atoms with Crippen molar-refractivity contribution in [3.8, 4) is 0 Å². The number of anilines is 1. The van der Waals surface area contributed by atoms with Gasteiger partial charge in [-0.25, -0.2) is 0 Å². The molecule has 7 heteroatoms. The summed E-state index contributed by atoms with van der Waals surface area (Å²) in [5.41, 5.74) is 0.991. The topological polar surface area (TPSA) is 81.9 Å². The Morgan fingerprint density at radius 2 is 1.79 bits per heavy atom. The van der Waals surface area contributed by atoms with E-state index in [4.69, 9.17) is 9.47 Å². The summed E-state index contributed by atoms with van der Waals surface area (Å²) in [4.78, 5) is 26.0. The highest BCUT2D eigenvalue weighted by Crippen LogP contribution is 2.36. The molecule has 1 spiro atoms. The summed E-state index contributed by atoms with van der Waals surface area (Å²) in [6.07, 6.45) is 1.56. The third-order valence-corrected chi connectivity index (χ3v) is 5.46. The number of carbonyl (C=O) groups is 1. The van der Waals surface area contributed by atoms with Gasteiger partial charge in [-0.15, -0.1) is 0 Å². The minimum absolute atomic E-state index is 0.0501. The van der Waals surface area contributed by atoms with E-state index in [1.807, 2.05) is 11.0 Å². The second-order valence-electron chi connectivity index (χ2n) is 7.22. The zero-order chi connectivity index (χ0) is 19.6. The van der Waals surface area contributed by atoms with Crippen LogP contribution in [0.5, 0.6) is 0 Å². The third-order valence-electron chi connectivity index (χ3n) is 5.46. The number of ether oxygens (including phenoxy) is 2. The zero-order valence-corrected chi connectivity index (χ0v) is 15.5. The van der Waals surface area contributed by atoms with Crippen molar-refractivity contribution in [3.05, 3.63) is 69.8 Å². The van der Waals surface area contributed by atoms with Crippen molar-refractivity contribution in [1.29, 1.82) is 0 Å². The Bertz CT molecular complexity index is 872. The van der Waals surface area contributed by atoms with Crippen molar-refractivity contribution in [1.82, 2.24) is 0 Å². The maximum Gasteiger partial charge on any atom is 0.293 e. The Morgan fingerprint density at radius 1 is 1.04 bits per heavy atom. The molecule has 4 rings (SSSR count). The lowest BCUT2D eigenvalue weighted by molar-refractivity contribution is -0.384. The third kappa shape index (κ3) is 3.63. The van der Waals surface area contributed by atoms with Crippen LogP contribution in [0.2, 0.25) is 0 Å². The highest BCUT2D eigenvalue weighted by Gasteiger charge is 2.39. The van der Waals surface area contributed by atoms with Gasteiger partial charge in [0.25, 0.3) is 5.69 Å². The largest absolute Gasteiger partial charge is 0.381 e. The zero-order valence-electron chi connectivity index (χ0n) is 15.5. The van der Waals surface area contributed by atoms with E-state index in [0.717, 1.165) is 12.8 Å². The number of morpholine rings is 1. The van der Waals surface area contributed by atoms with Crippen LogP contribution in [-0.2, 0) is 9.47 Å². The molecule has 0 N–H and O–H groups in total. The van der Waals surface area contributed by atoms with Gasteiger partial charge in [-0.2, -0.15) is 0 Å². The van der Waals surface area contributed by atoms with E-state index in [-0.39, 0.29) is 17.1 Å². The average molecular weight is 382 g/mol. The Balaban J connectivity index is 1.64. The number of nitro benzene ring substituents is 1. The summed E-state index contributed by atoms with van der Waals surface area (Å²) in [6, 6.07) is 13.5. The Morgan fingerprint density at radius 3 is 2.50 bits per heavy atom. The maximum atomic E-state index is 12.7. The fourth-order valence-electron chi connectivity index (χ4n) is 3.93. The number of nitro groups is 1. The standard InChI is InChI=1S/C21H22N2O5/c24-20(16-4-2-1-3-5-16)17-6-7-18(19(14-17)23(25)26)22-10-13-28-21(15-22)8-11-27-12-9-21/h1-7,14H,8-13,15H2. The quantitative estimate of drug-likeness (QED) is 0.459. The first-order valence-corrected chi connectivity index (χ1v) is 9.43. The minimum Gasteiger partial charge on any atom is -0.381 e. The van der Waals surface area contributed by atoms with Crippen LogP contribution in [0.25, 0.3) is 0 Å². The molecule has 7 nitrogen and oxygen atoms in total. The first kappa shape index (κ1) is 18.6. The SMILES string of the molecule is O=C(c1ccccc1)c1ccc(N2CCOC3(CCOCC3)C2)c([N+](=O)[O-])c1. The van der Waals surface area contributed by atoms with E-state index >= 15 is 0 Å². The van der Waals surface area contributed by atoms with E-state index < -0.39 is 4.92 Å². The summed E-state index contributed by atoms with van der Waals surface area (Å²) in [7, 11) is 0. The second kappa shape index (κ2) is 7.69. The average Bonchev–Trinajstić information content (AvgIpc) is 2.74. The normalized spacial score (nSPS) is 18.8. The van der Waals surface area contributed by atoms with Crippen LogP contribution in [0.1, 0.15) is 28.8 Å². The molecule has 0 atom stereocenters. The molecular weight excluding hydrogens is 360 g/mol. The van der Waals surface area contributed by atoms with Gasteiger partial charge < -0.3 is 14.4 Å². The molecule has 0 aromatic heterocycles. The minimum atomic E-state index is -0.413. The number of hydrogen-bond donors (Lipinski definition) is 0. The van der Waals surface area contributed by atoms with E-state index in [1.54, 1.807) is 36.4 Å². The summed E-state index contributed by atoms with van der Waals surface area (Å²) in [5.74, 6) is -0.224. The molecule has 2 aliphatic rings. The molecule has 2 aliphatic heterocycles. The van der Waals surface area contributed by atoms with Crippen molar-refractivity contribution in [2.75, 3.05) is 37.8 Å². The van der Waals surface area contributed by atoms with Gasteiger partial charge in [0.2, 0.25) is 0 Å².